The molecule has 1 fully saturated rings. The van der Waals surface area contributed by atoms with Gasteiger partial charge in [0.15, 0.2) is 6.29 Å². The van der Waals surface area contributed by atoms with Crippen molar-refractivity contribution in [2.45, 2.75) is 30.7 Å². The van der Waals surface area contributed by atoms with Crippen molar-refractivity contribution in [3.05, 3.63) is 0 Å². The lowest BCUT2D eigenvalue weighted by Gasteiger charge is -2.41. The van der Waals surface area contributed by atoms with Gasteiger partial charge in [-0.3, -0.25) is 0 Å². The van der Waals surface area contributed by atoms with Crippen LogP contribution >= 0.6 is 0 Å². The molecule has 1 heterocycles. The normalized spacial score (nSPS) is 41.8. The lowest BCUT2D eigenvalue weighted by Crippen LogP contribution is -2.59. The molecule has 0 amide bonds. The number of hydrogen-bond donors (Lipinski definition) is 2. The van der Waals surface area contributed by atoms with Crippen molar-refractivity contribution in [1.82, 2.24) is 0 Å². The average Bonchev–Trinajstić information content (AvgIpc) is 2.22. The Kier molecular flexibility index (Phi) is 4.91. The van der Waals surface area contributed by atoms with Gasteiger partial charge in [-0.15, -0.1) is 0 Å². The van der Waals surface area contributed by atoms with Crippen LogP contribution in [0.25, 0.3) is 0 Å². The predicted octanol–water partition coefficient (Wildman–Crippen LogP) is -1.26. The van der Waals surface area contributed by atoms with Crippen molar-refractivity contribution >= 4 is 0 Å². The Morgan fingerprint density at radius 3 is 2.13 bits per heavy atom. The van der Waals surface area contributed by atoms with Crippen LogP contribution in [0.1, 0.15) is 0 Å². The van der Waals surface area contributed by atoms with E-state index in [1.54, 1.807) is 0 Å². The molecule has 15 heavy (non-hydrogen) atoms. The van der Waals surface area contributed by atoms with Gasteiger partial charge in [0.05, 0.1) is 6.61 Å². The molecule has 1 aliphatic rings. The zero-order chi connectivity index (χ0) is 11.4. The number of rotatable bonds is 4. The Hall–Kier alpha value is -0.240. The number of aliphatic hydroxyl groups is 2. The summed E-state index contributed by atoms with van der Waals surface area (Å²) in [5.41, 5.74) is 0. The van der Waals surface area contributed by atoms with Crippen molar-refractivity contribution in [3.63, 3.8) is 0 Å². The molecule has 0 saturated carbocycles. The molecule has 1 saturated heterocycles. The molecule has 5 atom stereocenters. The molecule has 0 aliphatic carbocycles. The van der Waals surface area contributed by atoms with Crippen LogP contribution in [0.3, 0.4) is 0 Å². The van der Waals surface area contributed by atoms with Gasteiger partial charge in [0.2, 0.25) is 0 Å². The molecule has 90 valence electrons. The van der Waals surface area contributed by atoms with E-state index in [-0.39, 0.29) is 6.61 Å². The van der Waals surface area contributed by atoms with Crippen LogP contribution in [0, 0.1) is 0 Å². The summed E-state index contributed by atoms with van der Waals surface area (Å²) >= 11 is 0. The first kappa shape index (κ1) is 12.8. The van der Waals surface area contributed by atoms with Crippen LogP contribution in [-0.4, -0.2) is 68.9 Å². The molecular weight excluding hydrogens is 204 g/mol. The van der Waals surface area contributed by atoms with Gasteiger partial charge in [0.25, 0.3) is 0 Å². The Balaban J connectivity index is 2.70. The second-order valence-electron chi connectivity index (χ2n) is 3.41. The fourth-order valence-corrected chi connectivity index (χ4v) is 1.73. The number of aliphatic hydroxyl groups excluding tert-OH is 2. The molecule has 2 N–H and O–H groups in total. The van der Waals surface area contributed by atoms with Crippen LogP contribution in [0.5, 0.6) is 0 Å². The monoisotopic (exact) mass is 222 g/mol. The Labute approximate surface area is 88.7 Å². The van der Waals surface area contributed by atoms with E-state index in [1.807, 2.05) is 0 Å². The van der Waals surface area contributed by atoms with Gasteiger partial charge < -0.3 is 29.2 Å². The van der Waals surface area contributed by atoms with Gasteiger partial charge in [-0.2, -0.15) is 0 Å². The summed E-state index contributed by atoms with van der Waals surface area (Å²) in [5.74, 6) is 0. The molecule has 0 aromatic rings. The van der Waals surface area contributed by atoms with Gasteiger partial charge in [0, 0.05) is 21.3 Å². The summed E-state index contributed by atoms with van der Waals surface area (Å²) in [6.07, 6.45) is -3.94. The first-order valence-electron chi connectivity index (χ1n) is 4.71. The largest absolute Gasteiger partial charge is 0.387 e. The first-order chi connectivity index (χ1) is 7.15. The van der Waals surface area contributed by atoms with Crippen LogP contribution < -0.4 is 0 Å². The summed E-state index contributed by atoms with van der Waals surface area (Å²) in [6.45, 7) is 0.189. The highest BCUT2D eigenvalue weighted by atomic mass is 16.7. The Morgan fingerprint density at radius 1 is 1.07 bits per heavy atom. The fourth-order valence-electron chi connectivity index (χ4n) is 1.73. The van der Waals surface area contributed by atoms with E-state index in [4.69, 9.17) is 18.9 Å². The molecule has 0 aromatic carbocycles. The highest BCUT2D eigenvalue weighted by Crippen LogP contribution is 2.23. The van der Waals surface area contributed by atoms with Gasteiger partial charge in [0.1, 0.15) is 24.4 Å². The minimum absolute atomic E-state index is 0.189. The van der Waals surface area contributed by atoms with Gasteiger partial charge in [-0.05, 0) is 0 Å². The van der Waals surface area contributed by atoms with E-state index in [2.05, 4.69) is 0 Å². The third-order valence-electron chi connectivity index (χ3n) is 2.51. The maximum Gasteiger partial charge on any atom is 0.184 e. The van der Waals surface area contributed by atoms with Crippen molar-refractivity contribution in [2.24, 2.45) is 0 Å². The third-order valence-corrected chi connectivity index (χ3v) is 2.51. The quantitative estimate of drug-likeness (QED) is 0.618. The van der Waals surface area contributed by atoms with E-state index < -0.39 is 30.7 Å². The van der Waals surface area contributed by atoms with Crippen molar-refractivity contribution in [1.29, 1.82) is 0 Å². The molecule has 1 aliphatic heterocycles. The SMILES string of the molecule is COCC1O[C@@H](O)C(OC)C(OC)[C@@H]1O. The van der Waals surface area contributed by atoms with Crippen LogP contribution in [0.4, 0.5) is 0 Å². The first-order valence-corrected chi connectivity index (χ1v) is 4.71. The summed E-state index contributed by atoms with van der Waals surface area (Å²) in [7, 11) is 4.36. The van der Waals surface area contributed by atoms with Crippen LogP contribution in [0.15, 0.2) is 0 Å². The minimum Gasteiger partial charge on any atom is -0.387 e. The summed E-state index contributed by atoms with van der Waals surface area (Å²) in [5, 5.41) is 19.4. The number of ether oxygens (including phenoxy) is 4. The number of hydrogen-bond acceptors (Lipinski definition) is 6. The van der Waals surface area contributed by atoms with Crippen molar-refractivity contribution in [3.8, 4) is 0 Å². The number of methoxy groups -OCH3 is 3. The zero-order valence-corrected chi connectivity index (χ0v) is 9.12. The second kappa shape index (κ2) is 5.74. The van der Waals surface area contributed by atoms with Gasteiger partial charge in [-0.25, -0.2) is 0 Å². The summed E-state index contributed by atoms with van der Waals surface area (Å²) < 4.78 is 20.1. The fraction of sp³-hybridized carbons (Fsp3) is 1.00. The zero-order valence-electron chi connectivity index (χ0n) is 9.12. The topological polar surface area (TPSA) is 77.4 Å². The minimum atomic E-state index is -1.12. The molecule has 3 unspecified atom stereocenters. The second-order valence-corrected chi connectivity index (χ2v) is 3.41. The predicted molar refractivity (Wildman–Crippen MR) is 50.4 cm³/mol. The highest BCUT2D eigenvalue weighted by molar-refractivity contribution is 4.90. The molecule has 0 spiro atoms. The van der Waals surface area contributed by atoms with Crippen molar-refractivity contribution < 1.29 is 29.2 Å². The smallest absolute Gasteiger partial charge is 0.184 e. The lowest BCUT2D eigenvalue weighted by atomic mass is 9.99. The molecule has 1 rings (SSSR count). The highest BCUT2D eigenvalue weighted by Gasteiger charge is 2.45. The van der Waals surface area contributed by atoms with E-state index in [0.29, 0.717) is 0 Å². The summed E-state index contributed by atoms with van der Waals surface area (Å²) in [6, 6.07) is 0. The average molecular weight is 222 g/mol. The summed E-state index contributed by atoms with van der Waals surface area (Å²) in [4.78, 5) is 0. The van der Waals surface area contributed by atoms with Gasteiger partial charge in [-0.1, -0.05) is 0 Å². The van der Waals surface area contributed by atoms with E-state index >= 15 is 0 Å². The molecular formula is C9H18O6. The van der Waals surface area contributed by atoms with Gasteiger partial charge >= 0.3 is 0 Å². The molecule has 0 aromatic heterocycles. The maximum absolute atomic E-state index is 9.86. The maximum atomic E-state index is 9.86. The molecule has 6 nitrogen and oxygen atoms in total. The van der Waals surface area contributed by atoms with Crippen molar-refractivity contribution in [2.75, 3.05) is 27.9 Å². The van der Waals surface area contributed by atoms with Crippen LogP contribution in [0.2, 0.25) is 0 Å². The van der Waals surface area contributed by atoms with E-state index in [0.717, 1.165) is 0 Å². The Morgan fingerprint density at radius 2 is 1.67 bits per heavy atom. The van der Waals surface area contributed by atoms with Crippen LogP contribution in [-0.2, 0) is 18.9 Å². The molecule has 0 radical (unpaired) electrons. The molecule has 0 bridgehead atoms. The van der Waals surface area contributed by atoms with E-state index in [1.165, 1.54) is 21.3 Å². The lowest BCUT2D eigenvalue weighted by molar-refractivity contribution is -0.296. The molecule has 6 heteroatoms. The van der Waals surface area contributed by atoms with E-state index in [9.17, 15) is 10.2 Å². The Bertz CT molecular complexity index is 187. The third kappa shape index (κ3) is 2.66. The standard InChI is InChI=1S/C9H18O6/c1-12-4-5-6(10)7(13-2)8(14-3)9(11)15-5/h5-11H,4H2,1-3H3/t5?,6-,7?,8?,9-/m1/s1.